The average molecular weight is 485 g/mol. The van der Waals surface area contributed by atoms with Gasteiger partial charge in [-0.2, -0.15) is 0 Å². The molecule has 0 atom stereocenters. The van der Waals surface area contributed by atoms with E-state index in [-0.39, 0.29) is 24.9 Å². The van der Waals surface area contributed by atoms with Crippen LogP contribution < -0.4 is 4.74 Å². The van der Waals surface area contributed by atoms with E-state index in [0.717, 1.165) is 11.3 Å². The molecule has 1 aliphatic heterocycles. The molecule has 1 amide bonds. The molecule has 7 heteroatoms. The lowest BCUT2D eigenvalue weighted by Gasteiger charge is -2.13. The van der Waals surface area contributed by atoms with Crippen molar-refractivity contribution in [3.63, 3.8) is 0 Å². The molecule has 3 aromatic carbocycles. The van der Waals surface area contributed by atoms with Crippen LogP contribution in [0.2, 0.25) is 0 Å². The number of ether oxygens (including phenoxy) is 1. The number of para-hydroxylation sites is 1. The molecule has 1 aromatic heterocycles. The van der Waals surface area contributed by atoms with Crippen molar-refractivity contribution in [2.75, 3.05) is 0 Å². The third-order valence-corrected chi connectivity index (χ3v) is 6.28. The van der Waals surface area contributed by atoms with Crippen molar-refractivity contribution in [2.45, 2.75) is 13.2 Å². The standard InChI is InChI=1S/C28H21FN2O3S/c29-25-14-5-4-9-21(25)19-34-23-12-6-8-20(16-23)17-26-27(32)31(18-24-13-7-15-33-24)28(35-26)30-22-10-2-1-3-11-22/h1-17H,18-19H2/b26-17-,30-28?. The van der Waals surface area contributed by atoms with Gasteiger partial charge in [-0.25, -0.2) is 9.38 Å². The first-order valence-electron chi connectivity index (χ1n) is 11.0. The van der Waals surface area contributed by atoms with Gasteiger partial charge in [0.25, 0.3) is 5.91 Å². The Hall–Kier alpha value is -4.10. The molecule has 0 radical (unpaired) electrons. The summed E-state index contributed by atoms with van der Waals surface area (Å²) in [5, 5.41) is 0.579. The highest BCUT2D eigenvalue weighted by Gasteiger charge is 2.34. The monoisotopic (exact) mass is 484 g/mol. The zero-order chi connectivity index (χ0) is 24.0. The lowest BCUT2D eigenvalue weighted by Crippen LogP contribution is -2.28. The highest BCUT2D eigenvalue weighted by molar-refractivity contribution is 8.18. The van der Waals surface area contributed by atoms with E-state index in [1.807, 2.05) is 60.7 Å². The van der Waals surface area contributed by atoms with Crippen molar-refractivity contribution >= 4 is 34.6 Å². The van der Waals surface area contributed by atoms with E-state index in [2.05, 4.69) is 0 Å². The number of furan rings is 1. The van der Waals surface area contributed by atoms with Crippen LogP contribution >= 0.6 is 11.8 Å². The second kappa shape index (κ2) is 10.4. The van der Waals surface area contributed by atoms with Crippen LogP contribution in [0.3, 0.4) is 0 Å². The Labute approximate surface area is 206 Å². The van der Waals surface area contributed by atoms with E-state index >= 15 is 0 Å². The molecule has 0 unspecified atom stereocenters. The van der Waals surface area contributed by atoms with E-state index < -0.39 is 0 Å². The van der Waals surface area contributed by atoms with Crippen LogP contribution in [0.1, 0.15) is 16.9 Å². The molecule has 0 N–H and O–H groups in total. The molecule has 5 nitrogen and oxygen atoms in total. The Bertz CT molecular complexity index is 1380. The molecule has 0 bridgehead atoms. The molecule has 0 spiro atoms. The fraction of sp³-hybridized carbons (Fsp3) is 0.0714. The first kappa shape index (κ1) is 22.7. The Morgan fingerprint density at radius 3 is 2.60 bits per heavy atom. The highest BCUT2D eigenvalue weighted by Crippen LogP contribution is 2.35. The fourth-order valence-corrected chi connectivity index (χ4v) is 4.52. The number of aliphatic imine (C=N–C) groups is 1. The van der Waals surface area contributed by atoms with Crippen LogP contribution in [-0.4, -0.2) is 16.0 Å². The van der Waals surface area contributed by atoms with E-state index in [4.69, 9.17) is 14.1 Å². The van der Waals surface area contributed by atoms with Crippen molar-refractivity contribution in [3.8, 4) is 5.75 Å². The number of benzene rings is 3. The van der Waals surface area contributed by atoms with E-state index in [1.54, 1.807) is 41.5 Å². The molecule has 1 fully saturated rings. The maximum Gasteiger partial charge on any atom is 0.267 e. The van der Waals surface area contributed by atoms with Gasteiger partial charge in [-0.15, -0.1) is 0 Å². The minimum atomic E-state index is -0.305. The van der Waals surface area contributed by atoms with Gasteiger partial charge in [-0.05, 0) is 65.9 Å². The predicted molar refractivity (Wildman–Crippen MR) is 136 cm³/mol. The largest absolute Gasteiger partial charge is 0.489 e. The molecule has 1 aliphatic rings. The van der Waals surface area contributed by atoms with Crippen molar-refractivity contribution in [1.82, 2.24) is 4.90 Å². The molecule has 5 rings (SSSR count). The number of carbonyl (C=O) groups excluding carboxylic acids is 1. The molecule has 1 saturated heterocycles. The molecular formula is C28H21FN2O3S. The molecular weight excluding hydrogens is 463 g/mol. The quantitative estimate of drug-likeness (QED) is 0.271. The van der Waals surface area contributed by atoms with Gasteiger partial charge >= 0.3 is 0 Å². The first-order valence-corrected chi connectivity index (χ1v) is 11.8. The molecule has 0 aliphatic carbocycles. The summed E-state index contributed by atoms with van der Waals surface area (Å²) in [4.78, 5) is 20.2. The summed E-state index contributed by atoms with van der Waals surface area (Å²) in [5.41, 5.74) is 2.04. The number of amides is 1. The number of hydrogen-bond donors (Lipinski definition) is 0. The van der Waals surface area contributed by atoms with Gasteiger partial charge in [-0.1, -0.05) is 48.5 Å². The van der Waals surface area contributed by atoms with Crippen LogP contribution in [0, 0.1) is 5.82 Å². The Morgan fingerprint density at radius 2 is 1.80 bits per heavy atom. The van der Waals surface area contributed by atoms with E-state index in [1.165, 1.54) is 17.8 Å². The number of rotatable bonds is 7. The number of hydrogen-bond acceptors (Lipinski definition) is 5. The smallest absolute Gasteiger partial charge is 0.267 e. The normalized spacial score (nSPS) is 15.8. The molecule has 4 aromatic rings. The topological polar surface area (TPSA) is 55.0 Å². The number of thioether (sulfide) groups is 1. The minimum Gasteiger partial charge on any atom is -0.489 e. The summed E-state index contributed by atoms with van der Waals surface area (Å²) in [5.74, 6) is 0.799. The van der Waals surface area contributed by atoms with Crippen molar-refractivity contribution < 1.29 is 18.3 Å². The highest BCUT2D eigenvalue weighted by atomic mass is 32.2. The summed E-state index contributed by atoms with van der Waals surface area (Å²) < 4.78 is 25.1. The molecule has 35 heavy (non-hydrogen) atoms. The number of carbonyl (C=O) groups is 1. The Kier molecular flexibility index (Phi) is 6.77. The maximum atomic E-state index is 13.9. The van der Waals surface area contributed by atoms with Crippen LogP contribution in [-0.2, 0) is 17.9 Å². The average Bonchev–Trinajstić information content (AvgIpc) is 3.49. The summed E-state index contributed by atoms with van der Waals surface area (Å²) in [6.07, 6.45) is 3.40. The van der Waals surface area contributed by atoms with Crippen LogP contribution in [0.5, 0.6) is 5.75 Å². The second-order valence-corrected chi connectivity index (χ2v) is 8.77. The van der Waals surface area contributed by atoms with Gasteiger partial charge in [0.15, 0.2) is 5.17 Å². The molecule has 0 saturated carbocycles. The first-order chi connectivity index (χ1) is 17.2. The van der Waals surface area contributed by atoms with Gasteiger partial charge in [0, 0.05) is 5.56 Å². The van der Waals surface area contributed by atoms with Gasteiger partial charge in [-0.3, -0.25) is 9.69 Å². The van der Waals surface area contributed by atoms with Gasteiger partial charge < -0.3 is 9.15 Å². The second-order valence-electron chi connectivity index (χ2n) is 7.76. The van der Waals surface area contributed by atoms with Crippen molar-refractivity contribution in [2.24, 2.45) is 4.99 Å². The van der Waals surface area contributed by atoms with Gasteiger partial charge in [0.05, 0.1) is 23.4 Å². The number of amidine groups is 1. The lowest BCUT2D eigenvalue weighted by molar-refractivity contribution is -0.122. The SMILES string of the molecule is O=C1/C(=C/c2cccc(OCc3ccccc3F)c2)SC(=Nc2ccccc2)N1Cc1ccco1. The van der Waals surface area contributed by atoms with Gasteiger partial charge in [0.2, 0.25) is 0 Å². The Morgan fingerprint density at radius 1 is 0.971 bits per heavy atom. The lowest BCUT2D eigenvalue weighted by atomic mass is 10.2. The van der Waals surface area contributed by atoms with Crippen LogP contribution in [0.4, 0.5) is 10.1 Å². The number of halogens is 1. The summed E-state index contributed by atoms with van der Waals surface area (Å²) in [6, 6.07) is 27.0. The summed E-state index contributed by atoms with van der Waals surface area (Å²) >= 11 is 1.31. The van der Waals surface area contributed by atoms with E-state index in [0.29, 0.717) is 27.1 Å². The fourth-order valence-electron chi connectivity index (χ4n) is 3.52. The van der Waals surface area contributed by atoms with Gasteiger partial charge in [0.1, 0.15) is 23.9 Å². The molecule has 174 valence electrons. The van der Waals surface area contributed by atoms with E-state index in [9.17, 15) is 9.18 Å². The number of nitrogens with zero attached hydrogens (tertiary/aromatic N) is 2. The van der Waals surface area contributed by atoms with Crippen molar-refractivity contribution in [3.05, 3.63) is 125 Å². The minimum absolute atomic E-state index is 0.116. The molecule has 2 heterocycles. The third-order valence-electron chi connectivity index (χ3n) is 5.27. The Balaban J connectivity index is 1.39. The maximum absolute atomic E-state index is 13.9. The van der Waals surface area contributed by atoms with Crippen LogP contribution in [0.25, 0.3) is 6.08 Å². The zero-order valence-corrected chi connectivity index (χ0v) is 19.5. The third kappa shape index (κ3) is 5.53. The summed E-state index contributed by atoms with van der Waals surface area (Å²) in [7, 11) is 0. The van der Waals surface area contributed by atoms with Crippen molar-refractivity contribution in [1.29, 1.82) is 0 Å². The zero-order valence-electron chi connectivity index (χ0n) is 18.6. The summed E-state index contributed by atoms with van der Waals surface area (Å²) in [6.45, 7) is 0.402. The van der Waals surface area contributed by atoms with Crippen LogP contribution in [0.15, 0.2) is 112 Å². The predicted octanol–water partition coefficient (Wildman–Crippen LogP) is 6.80.